The van der Waals surface area contributed by atoms with Gasteiger partial charge in [0, 0.05) is 31.1 Å². The average molecular weight is 286 g/mol. The van der Waals surface area contributed by atoms with E-state index in [0.717, 1.165) is 41.4 Å². The van der Waals surface area contributed by atoms with E-state index in [1.165, 1.54) is 12.8 Å². The average Bonchev–Trinajstić information content (AvgIpc) is 3.34. The topological polar surface area (TPSA) is 45.6 Å². The molecule has 112 valence electrons. The van der Waals surface area contributed by atoms with E-state index in [1.54, 1.807) is 0 Å². The van der Waals surface area contributed by atoms with Crippen LogP contribution in [-0.2, 0) is 11.3 Å². The molecule has 4 heteroatoms. The summed E-state index contributed by atoms with van der Waals surface area (Å²) >= 11 is 0. The van der Waals surface area contributed by atoms with Crippen LogP contribution in [0.3, 0.4) is 0 Å². The van der Waals surface area contributed by atoms with Gasteiger partial charge < -0.3 is 14.7 Å². The minimum absolute atomic E-state index is 0.000435. The van der Waals surface area contributed by atoms with Crippen LogP contribution in [0.25, 0.3) is 10.9 Å². The van der Waals surface area contributed by atoms with Gasteiger partial charge in [0.15, 0.2) is 0 Å². The lowest BCUT2D eigenvalue weighted by Crippen LogP contribution is -2.25. The van der Waals surface area contributed by atoms with E-state index in [-0.39, 0.29) is 6.61 Å². The van der Waals surface area contributed by atoms with Crippen LogP contribution in [0.2, 0.25) is 0 Å². The summed E-state index contributed by atoms with van der Waals surface area (Å²) in [6.07, 6.45) is 2.63. The molecule has 4 nitrogen and oxygen atoms in total. The van der Waals surface area contributed by atoms with Crippen molar-refractivity contribution in [1.29, 1.82) is 0 Å². The minimum Gasteiger partial charge on any atom is -0.392 e. The van der Waals surface area contributed by atoms with Crippen LogP contribution in [0, 0.1) is 5.92 Å². The predicted octanol–water partition coefficient (Wildman–Crippen LogP) is 2.59. The third kappa shape index (κ3) is 3.52. The Morgan fingerprint density at radius 2 is 2.14 bits per heavy atom. The molecule has 1 aliphatic carbocycles. The van der Waals surface area contributed by atoms with Crippen LogP contribution >= 0.6 is 0 Å². The quantitative estimate of drug-likeness (QED) is 0.795. The number of para-hydroxylation sites is 1. The number of pyridine rings is 1. The lowest BCUT2D eigenvalue weighted by atomic mass is 10.1. The molecule has 0 unspecified atom stereocenters. The number of benzene rings is 1. The Labute approximate surface area is 125 Å². The molecule has 1 aliphatic rings. The molecule has 0 amide bonds. The highest BCUT2D eigenvalue weighted by atomic mass is 16.5. The molecule has 21 heavy (non-hydrogen) atoms. The molecule has 1 heterocycles. The molecule has 0 saturated heterocycles. The highest BCUT2D eigenvalue weighted by Crippen LogP contribution is 2.28. The van der Waals surface area contributed by atoms with Gasteiger partial charge in [-0.1, -0.05) is 18.2 Å². The second-order valence-corrected chi connectivity index (χ2v) is 5.76. The molecule has 0 atom stereocenters. The molecule has 0 spiro atoms. The Balaban J connectivity index is 1.70. The van der Waals surface area contributed by atoms with Crippen molar-refractivity contribution in [1.82, 2.24) is 4.98 Å². The van der Waals surface area contributed by atoms with Crippen molar-refractivity contribution in [2.24, 2.45) is 5.92 Å². The SMILES string of the molecule is CN(CCOCC1CC1)c1nc2ccccc2cc1CO. The molecular formula is C17H22N2O2. The third-order valence-electron chi connectivity index (χ3n) is 3.93. The summed E-state index contributed by atoms with van der Waals surface area (Å²) in [5.41, 5.74) is 1.81. The van der Waals surface area contributed by atoms with Crippen molar-refractivity contribution < 1.29 is 9.84 Å². The van der Waals surface area contributed by atoms with E-state index >= 15 is 0 Å². The Morgan fingerprint density at radius 1 is 1.33 bits per heavy atom. The van der Waals surface area contributed by atoms with E-state index in [2.05, 4.69) is 9.88 Å². The van der Waals surface area contributed by atoms with Crippen LogP contribution in [0.5, 0.6) is 0 Å². The highest BCUT2D eigenvalue weighted by Gasteiger charge is 2.21. The van der Waals surface area contributed by atoms with Gasteiger partial charge in [-0.25, -0.2) is 4.98 Å². The van der Waals surface area contributed by atoms with Gasteiger partial charge in [0.05, 0.1) is 18.7 Å². The van der Waals surface area contributed by atoms with Crippen LogP contribution in [0.4, 0.5) is 5.82 Å². The van der Waals surface area contributed by atoms with E-state index in [0.29, 0.717) is 6.61 Å². The first-order valence-corrected chi connectivity index (χ1v) is 7.56. The molecule has 2 aromatic rings. The summed E-state index contributed by atoms with van der Waals surface area (Å²) in [6.45, 7) is 2.36. The van der Waals surface area contributed by atoms with E-state index in [9.17, 15) is 5.11 Å². The molecule has 3 rings (SSSR count). The van der Waals surface area contributed by atoms with Crippen molar-refractivity contribution in [3.8, 4) is 0 Å². The number of aliphatic hydroxyl groups excluding tert-OH is 1. The molecule has 0 aliphatic heterocycles. The Kier molecular flexibility index (Phi) is 4.36. The minimum atomic E-state index is 0.000435. The van der Waals surface area contributed by atoms with Gasteiger partial charge in [-0.05, 0) is 30.9 Å². The maximum atomic E-state index is 9.58. The second kappa shape index (κ2) is 6.41. The van der Waals surface area contributed by atoms with E-state index < -0.39 is 0 Å². The summed E-state index contributed by atoms with van der Waals surface area (Å²) in [7, 11) is 2.00. The number of hydrogen-bond acceptors (Lipinski definition) is 4. The van der Waals surface area contributed by atoms with Crippen LogP contribution in [-0.4, -0.2) is 36.9 Å². The number of ether oxygens (including phenoxy) is 1. The molecule has 0 radical (unpaired) electrons. The molecule has 1 aromatic carbocycles. The number of likely N-dealkylation sites (N-methyl/N-ethyl adjacent to an activating group) is 1. The zero-order valence-corrected chi connectivity index (χ0v) is 12.5. The summed E-state index contributed by atoms with van der Waals surface area (Å²) in [4.78, 5) is 6.74. The fourth-order valence-corrected chi connectivity index (χ4v) is 2.44. The number of rotatable bonds is 7. The number of aromatic nitrogens is 1. The van der Waals surface area contributed by atoms with Crippen molar-refractivity contribution in [2.75, 3.05) is 31.7 Å². The lowest BCUT2D eigenvalue weighted by molar-refractivity contribution is 0.130. The van der Waals surface area contributed by atoms with E-state index in [1.807, 2.05) is 37.4 Å². The van der Waals surface area contributed by atoms with Crippen LogP contribution in [0.15, 0.2) is 30.3 Å². The fourth-order valence-electron chi connectivity index (χ4n) is 2.44. The number of aliphatic hydroxyl groups is 1. The van der Waals surface area contributed by atoms with Gasteiger partial charge in [0.2, 0.25) is 0 Å². The summed E-state index contributed by atoms with van der Waals surface area (Å²) < 4.78 is 5.68. The zero-order valence-electron chi connectivity index (χ0n) is 12.5. The van der Waals surface area contributed by atoms with Crippen LogP contribution < -0.4 is 4.90 Å². The van der Waals surface area contributed by atoms with Gasteiger partial charge in [-0.15, -0.1) is 0 Å². The first-order valence-electron chi connectivity index (χ1n) is 7.56. The Morgan fingerprint density at radius 3 is 2.90 bits per heavy atom. The number of anilines is 1. The normalized spacial score (nSPS) is 14.6. The zero-order chi connectivity index (χ0) is 14.7. The van der Waals surface area contributed by atoms with Gasteiger partial charge in [0.1, 0.15) is 5.82 Å². The smallest absolute Gasteiger partial charge is 0.134 e. The summed E-state index contributed by atoms with van der Waals surface area (Å²) in [5.74, 6) is 1.63. The summed E-state index contributed by atoms with van der Waals surface area (Å²) in [6, 6.07) is 10.00. The third-order valence-corrected chi connectivity index (χ3v) is 3.93. The molecule has 1 saturated carbocycles. The largest absolute Gasteiger partial charge is 0.392 e. The summed E-state index contributed by atoms with van der Waals surface area (Å²) in [5, 5.41) is 10.6. The standard InChI is InChI=1S/C17H22N2O2/c1-19(8-9-21-12-13-6-7-13)17-15(11-20)10-14-4-2-3-5-16(14)18-17/h2-5,10,13,20H,6-9,11-12H2,1H3. The lowest BCUT2D eigenvalue weighted by Gasteiger charge is -2.21. The van der Waals surface area contributed by atoms with E-state index in [4.69, 9.17) is 4.74 Å². The van der Waals surface area contributed by atoms with Gasteiger partial charge in [-0.3, -0.25) is 0 Å². The maximum absolute atomic E-state index is 9.58. The first-order chi connectivity index (χ1) is 10.3. The number of nitrogens with zero attached hydrogens (tertiary/aromatic N) is 2. The van der Waals surface area contributed by atoms with Crippen LogP contribution in [0.1, 0.15) is 18.4 Å². The van der Waals surface area contributed by atoms with Gasteiger partial charge in [-0.2, -0.15) is 0 Å². The predicted molar refractivity (Wildman–Crippen MR) is 84.5 cm³/mol. The maximum Gasteiger partial charge on any atom is 0.134 e. The highest BCUT2D eigenvalue weighted by molar-refractivity contribution is 5.81. The van der Waals surface area contributed by atoms with Crippen molar-refractivity contribution in [3.05, 3.63) is 35.9 Å². The molecule has 1 N–H and O–H groups in total. The Hall–Kier alpha value is -1.65. The van der Waals surface area contributed by atoms with Crippen molar-refractivity contribution in [3.63, 3.8) is 0 Å². The number of hydrogen-bond donors (Lipinski definition) is 1. The van der Waals surface area contributed by atoms with Gasteiger partial charge in [0.25, 0.3) is 0 Å². The van der Waals surface area contributed by atoms with Gasteiger partial charge >= 0.3 is 0 Å². The molecular weight excluding hydrogens is 264 g/mol. The molecule has 1 aromatic heterocycles. The second-order valence-electron chi connectivity index (χ2n) is 5.76. The Bertz CT molecular complexity index is 611. The monoisotopic (exact) mass is 286 g/mol. The van der Waals surface area contributed by atoms with Crippen molar-refractivity contribution >= 4 is 16.7 Å². The van der Waals surface area contributed by atoms with Crippen molar-refractivity contribution in [2.45, 2.75) is 19.4 Å². The molecule has 0 bridgehead atoms. The molecule has 1 fully saturated rings. The first kappa shape index (κ1) is 14.3. The fraction of sp³-hybridized carbons (Fsp3) is 0.471. The number of fused-ring (bicyclic) bond motifs is 1.